The zero-order valence-electron chi connectivity index (χ0n) is 15.2. The predicted octanol–water partition coefficient (Wildman–Crippen LogP) is 1.15. The molecule has 0 aliphatic rings. The van der Waals surface area contributed by atoms with Gasteiger partial charge in [-0.05, 0) is 24.6 Å². The molecule has 0 bridgehead atoms. The SMILES string of the molecule is Cc1ccc(NC(=O)c2cc(=O)n(C)c3c2c(=O)n(C)c(=O)n3C)c(Cl)c1. The molecule has 2 aromatic heterocycles. The fourth-order valence-electron chi connectivity index (χ4n) is 2.95. The van der Waals surface area contributed by atoms with Gasteiger partial charge in [0, 0.05) is 27.2 Å². The number of hydrogen-bond donors (Lipinski definition) is 1. The highest BCUT2D eigenvalue weighted by Crippen LogP contribution is 2.23. The van der Waals surface area contributed by atoms with E-state index in [0.29, 0.717) is 10.7 Å². The van der Waals surface area contributed by atoms with Crippen LogP contribution in [0, 0.1) is 6.92 Å². The number of aromatic nitrogens is 3. The maximum atomic E-state index is 12.8. The molecule has 27 heavy (non-hydrogen) atoms. The highest BCUT2D eigenvalue weighted by Gasteiger charge is 2.21. The summed E-state index contributed by atoms with van der Waals surface area (Å²) in [6.07, 6.45) is 0. The second-order valence-electron chi connectivity index (χ2n) is 6.30. The lowest BCUT2D eigenvalue weighted by Crippen LogP contribution is -2.40. The highest BCUT2D eigenvalue weighted by atomic mass is 35.5. The van der Waals surface area contributed by atoms with Crippen molar-refractivity contribution in [1.29, 1.82) is 0 Å². The van der Waals surface area contributed by atoms with Crippen molar-refractivity contribution in [3.8, 4) is 0 Å². The third kappa shape index (κ3) is 2.97. The normalized spacial score (nSPS) is 11.0. The Morgan fingerprint density at radius 2 is 1.67 bits per heavy atom. The van der Waals surface area contributed by atoms with E-state index >= 15 is 0 Å². The van der Waals surface area contributed by atoms with Gasteiger partial charge >= 0.3 is 5.69 Å². The summed E-state index contributed by atoms with van der Waals surface area (Å²) in [6, 6.07) is 6.16. The lowest BCUT2D eigenvalue weighted by atomic mass is 10.1. The molecule has 0 radical (unpaired) electrons. The molecule has 2 heterocycles. The van der Waals surface area contributed by atoms with Crippen LogP contribution >= 0.6 is 11.6 Å². The van der Waals surface area contributed by atoms with Crippen molar-refractivity contribution in [2.75, 3.05) is 5.32 Å². The van der Waals surface area contributed by atoms with Crippen LogP contribution in [-0.2, 0) is 21.1 Å². The Morgan fingerprint density at radius 3 is 2.30 bits per heavy atom. The highest BCUT2D eigenvalue weighted by molar-refractivity contribution is 6.34. The molecule has 1 N–H and O–H groups in total. The number of carbonyl (C=O) groups is 1. The van der Waals surface area contributed by atoms with Gasteiger partial charge in [-0.3, -0.25) is 28.1 Å². The number of aryl methyl sites for hydroxylation is 3. The van der Waals surface area contributed by atoms with Crippen LogP contribution in [0.1, 0.15) is 15.9 Å². The lowest BCUT2D eigenvalue weighted by molar-refractivity contribution is 0.102. The van der Waals surface area contributed by atoms with Gasteiger partial charge in [-0.2, -0.15) is 0 Å². The third-order valence-corrected chi connectivity index (χ3v) is 4.75. The monoisotopic (exact) mass is 388 g/mol. The van der Waals surface area contributed by atoms with Gasteiger partial charge in [0.2, 0.25) is 0 Å². The van der Waals surface area contributed by atoms with Gasteiger partial charge in [0.25, 0.3) is 17.0 Å². The van der Waals surface area contributed by atoms with Gasteiger partial charge in [-0.1, -0.05) is 17.7 Å². The quantitative estimate of drug-likeness (QED) is 0.712. The lowest BCUT2D eigenvalue weighted by Gasteiger charge is -2.14. The Bertz CT molecular complexity index is 1280. The average molecular weight is 389 g/mol. The number of halogens is 1. The standard InChI is InChI=1S/C18H17ClN4O4/c1-9-5-6-12(11(19)7-9)20-15(25)10-8-13(24)21(2)16-14(10)17(26)23(4)18(27)22(16)3/h5-8H,1-4H3,(H,20,25). The van der Waals surface area contributed by atoms with E-state index < -0.39 is 22.7 Å². The molecule has 0 aliphatic heterocycles. The number of amides is 1. The van der Waals surface area contributed by atoms with Crippen molar-refractivity contribution in [3.05, 3.63) is 71.6 Å². The zero-order valence-corrected chi connectivity index (χ0v) is 15.9. The fraction of sp³-hybridized carbons (Fsp3) is 0.222. The summed E-state index contributed by atoms with van der Waals surface area (Å²) in [5, 5.41) is 2.92. The van der Waals surface area contributed by atoms with Crippen LogP contribution in [0.2, 0.25) is 5.02 Å². The molecule has 9 heteroatoms. The van der Waals surface area contributed by atoms with E-state index in [0.717, 1.165) is 25.3 Å². The van der Waals surface area contributed by atoms with Gasteiger partial charge in [-0.25, -0.2) is 4.79 Å². The maximum absolute atomic E-state index is 12.8. The average Bonchev–Trinajstić information content (AvgIpc) is 2.62. The molecule has 8 nitrogen and oxygen atoms in total. The molecule has 3 aromatic rings. The largest absolute Gasteiger partial charge is 0.332 e. The Labute approximate surface area is 158 Å². The molecular formula is C18H17ClN4O4. The first-order valence-corrected chi connectivity index (χ1v) is 8.38. The van der Waals surface area contributed by atoms with Crippen LogP contribution in [0.4, 0.5) is 5.69 Å². The van der Waals surface area contributed by atoms with Crippen molar-refractivity contribution in [3.63, 3.8) is 0 Å². The predicted molar refractivity (Wildman–Crippen MR) is 104 cm³/mol. The van der Waals surface area contributed by atoms with E-state index in [2.05, 4.69) is 5.32 Å². The second-order valence-corrected chi connectivity index (χ2v) is 6.70. The summed E-state index contributed by atoms with van der Waals surface area (Å²) in [7, 11) is 4.18. The molecule has 0 fully saturated rings. The number of nitrogens with one attached hydrogen (secondary N) is 1. The molecule has 0 spiro atoms. The number of benzene rings is 1. The van der Waals surface area contributed by atoms with Gasteiger partial charge in [-0.15, -0.1) is 0 Å². The smallest absolute Gasteiger partial charge is 0.321 e. The molecule has 1 aromatic carbocycles. The van der Waals surface area contributed by atoms with Crippen molar-refractivity contribution in [2.45, 2.75) is 6.92 Å². The van der Waals surface area contributed by atoms with Crippen LogP contribution < -0.4 is 22.1 Å². The van der Waals surface area contributed by atoms with Crippen molar-refractivity contribution >= 4 is 34.2 Å². The van der Waals surface area contributed by atoms with Gasteiger partial charge < -0.3 is 5.32 Å². The molecule has 1 amide bonds. The first-order valence-electron chi connectivity index (χ1n) is 8.00. The Kier molecular flexibility index (Phi) is 4.52. The maximum Gasteiger partial charge on any atom is 0.332 e. The minimum atomic E-state index is -0.667. The van der Waals surface area contributed by atoms with E-state index in [4.69, 9.17) is 11.6 Å². The van der Waals surface area contributed by atoms with E-state index in [-0.39, 0.29) is 16.6 Å². The first kappa shape index (κ1) is 18.7. The van der Waals surface area contributed by atoms with Gasteiger partial charge in [0.1, 0.15) is 5.65 Å². The Morgan fingerprint density at radius 1 is 1.00 bits per heavy atom. The summed E-state index contributed by atoms with van der Waals surface area (Å²) < 4.78 is 3.21. The van der Waals surface area contributed by atoms with E-state index in [9.17, 15) is 19.2 Å². The number of carbonyl (C=O) groups excluding carboxylic acids is 1. The van der Waals surface area contributed by atoms with E-state index in [1.54, 1.807) is 18.2 Å². The molecular weight excluding hydrogens is 372 g/mol. The summed E-state index contributed by atoms with van der Waals surface area (Å²) in [5.74, 6) is -0.667. The van der Waals surface area contributed by atoms with E-state index in [1.807, 2.05) is 6.92 Å². The van der Waals surface area contributed by atoms with E-state index in [1.165, 1.54) is 21.1 Å². The third-order valence-electron chi connectivity index (χ3n) is 4.44. The summed E-state index contributed by atoms with van der Waals surface area (Å²) in [6.45, 7) is 1.86. The number of hydrogen-bond acceptors (Lipinski definition) is 4. The van der Waals surface area contributed by atoms with Gasteiger partial charge in [0.05, 0.1) is 21.7 Å². The van der Waals surface area contributed by atoms with Crippen LogP contribution in [0.25, 0.3) is 11.0 Å². The minimum Gasteiger partial charge on any atom is -0.321 e. The number of pyridine rings is 1. The summed E-state index contributed by atoms with van der Waals surface area (Å²) >= 11 is 6.15. The van der Waals surface area contributed by atoms with Gasteiger partial charge in [0.15, 0.2) is 0 Å². The molecule has 140 valence electrons. The minimum absolute atomic E-state index is 0.0255. The summed E-state index contributed by atoms with van der Waals surface area (Å²) in [5.41, 5.74) is -0.572. The zero-order chi connectivity index (χ0) is 20.0. The van der Waals surface area contributed by atoms with Crippen molar-refractivity contribution < 1.29 is 4.79 Å². The van der Waals surface area contributed by atoms with Crippen LogP contribution in [0.15, 0.2) is 38.6 Å². The molecule has 0 atom stereocenters. The molecule has 3 rings (SSSR count). The number of rotatable bonds is 2. The Hall–Kier alpha value is -3.13. The topological polar surface area (TPSA) is 95.1 Å². The second kappa shape index (κ2) is 6.55. The summed E-state index contributed by atoms with van der Waals surface area (Å²) in [4.78, 5) is 50.0. The van der Waals surface area contributed by atoms with Crippen LogP contribution in [0.5, 0.6) is 0 Å². The van der Waals surface area contributed by atoms with Crippen LogP contribution in [0.3, 0.4) is 0 Å². The first-order chi connectivity index (χ1) is 12.6. The number of fused-ring (bicyclic) bond motifs is 1. The molecule has 0 saturated carbocycles. The Balaban J connectivity index is 2.30. The molecule has 0 unspecified atom stereocenters. The molecule has 0 aliphatic carbocycles. The van der Waals surface area contributed by atoms with Crippen LogP contribution in [-0.4, -0.2) is 19.6 Å². The number of anilines is 1. The van der Waals surface area contributed by atoms with Crippen molar-refractivity contribution in [1.82, 2.24) is 13.7 Å². The molecule has 0 saturated heterocycles. The number of nitrogens with zero attached hydrogens (tertiary/aromatic N) is 3. The van der Waals surface area contributed by atoms with Crippen molar-refractivity contribution in [2.24, 2.45) is 21.1 Å². The fourth-order valence-corrected chi connectivity index (χ4v) is 3.23.